The van der Waals surface area contributed by atoms with Crippen molar-refractivity contribution in [3.63, 3.8) is 0 Å². The highest BCUT2D eigenvalue weighted by atomic mass is 19.4. The van der Waals surface area contributed by atoms with Gasteiger partial charge in [0.15, 0.2) is 0 Å². The standard InChI is InChI=1S/C15H20F3N3O/c16-15(17,18)13(21-8-6-19-7-9-21)11-20-14(22)10-12-4-2-1-3-5-12/h1-5,13,19H,6-11H2,(H,20,22). The normalized spacial score (nSPS) is 18.0. The molecule has 2 rings (SSSR count). The van der Waals surface area contributed by atoms with Crippen LogP contribution in [-0.4, -0.2) is 55.7 Å². The van der Waals surface area contributed by atoms with Gasteiger partial charge in [0.1, 0.15) is 6.04 Å². The van der Waals surface area contributed by atoms with Crippen LogP contribution >= 0.6 is 0 Å². The van der Waals surface area contributed by atoms with Gasteiger partial charge in [0.25, 0.3) is 0 Å². The Balaban J connectivity index is 1.89. The number of nitrogens with zero attached hydrogens (tertiary/aromatic N) is 1. The third-order valence-corrected chi connectivity index (χ3v) is 3.67. The van der Waals surface area contributed by atoms with Gasteiger partial charge in [-0.15, -0.1) is 0 Å². The van der Waals surface area contributed by atoms with Crippen molar-refractivity contribution in [3.05, 3.63) is 35.9 Å². The lowest BCUT2D eigenvalue weighted by atomic mass is 10.1. The molecule has 122 valence electrons. The van der Waals surface area contributed by atoms with Crippen LogP contribution in [0.3, 0.4) is 0 Å². The fourth-order valence-electron chi connectivity index (χ4n) is 2.50. The van der Waals surface area contributed by atoms with E-state index in [4.69, 9.17) is 0 Å². The van der Waals surface area contributed by atoms with Crippen LogP contribution in [0.5, 0.6) is 0 Å². The summed E-state index contributed by atoms with van der Waals surface area (Å²) in [7, 11) is 0. The zero-order valence-corrected chi connectivity index (χ0v) is 12.2. The molecule has 0 aromatic heterocycles. The summed E-state index contributed by atoms with van der Waals surface area (Å²) >= 11 is 0. The monoisotopic (exact) mass is 315 g/mol. The molecule has 1 aliphatic heterocycles. The number of carbonyl (C=O) groups is 1. The highest BCUT2D eigenvalue weighted by Crippen LogP contribution is 2.24. The zero-order valence-electron chi connectivity index (χ0n) is 12.2. The van der Waals surface area contributed by atoms with Crippen molar-refractivity contribution in [1.29, 1.82) is 0 Å². The SMILES string of the molecule is O=C(Cc1ccccc1)NCC(N1CCNCC1)C(F)(F)F. The summed E-state index contributed by atoms with van der Waals surface area (Å²) in [5, 5.41) is 5.44. The van der Waals surface area contributed by atoms with Gasteiger partial charge in [-0.2, -0.15) is 13.2 Å². The maximum Gasteiger partial charge on any atom is 0.405 e. The summed E-state index contributed by atoms with van der Waals surface area (Å²) < 4.78 is 39.5. The van der Waals surface area contributed by atoms with E-state index in [1.807, 2.05) is 6.07 Å². The van der Waals surface area contributed by atoms with Gasteiger partial charge in [-0.3, -0.25) is 9.69 Å². The topological polar surface area (TPSA) is 44.4 Å². The lowest BCUT2D eigenvalue weighted by Crippen LogP contribution is -2.57. The molecule has 7 heteroatoms. The molecule has 1 amide bonds. The number of benzene rings is 1. The Kier molecular flexibility index (Phi) is 5.79. The van der Waals surface area contributed by atoms with Crippen molar-refractivity contribution in [2.75, 3.05) is 32.7 Å². The number of carbonyl (C=O) groups excluding carboxylic acids is 1. The fraction of sp³-hybridized carbons (Fsp3) is 0.533. The molecule has 1 aliphatic rings. The third kappa shape index (κ3) is 4.99. The first-order valence-corrected chi connectivity index (χ1v) is 7.29. The van der Waals surface area contributed by atoms with Crippen molar-refractivity contribution in [2.24, 2.45) is 0 Å². The van der Waals surface area contributed by atoms with Crippen LogP contribution in [0.2, 0.25) is 0 Å². The first kappa shape index (κ1) is 16.8. The molecule has 0 spiro atoms. The number of rotatable bonds is 5. The van der Waals surface area contributed by atoms with E-state index in [2.05, 4.69) is 10.6 Å². The van der Waals surface area contributed by atoms with E-state index >= 15 is 0 Å². The summed E-state index contributed by atoms with van der Waals surface area (Å²) in [6.45, 7) is 1.32. The molecule has 1 unspecified atom stereocenters. The van der Waals surface area contributed by atoms with Crippen LogP contribution in [0.25, 0.3) is 0 Å². The minimum absolute atomic E-state index is 0.0903. The predicted molar refractivity (Wildman–Crippen MR) is 77.4 cm³/mol. The molecule has 1 aromatic carbocycles. The minimum Gasteiger partial charge on any atom is -0.354 e. The Bertz CT molecular complexity index is 473. The van der Waals surface area contributed by atoms with Gasteiger partial charge in [0.05, 0.1) is 6.42 Å². The Labute approximate surface area is 127 Å². The van der Waals surface area contributed by atoms with Gasteiger partial charge in [-0.05, 0) is 5.56 Å². The zero-order chi connectivity index (χ0) is 16.0. The van der Waals surface area contributed by atoms with Crippen LogP contribution in [0.1, 0.15) is 5.56 Å². The molecule has 1 aromatic rings. The number of alkyl halides is 3. The molecular formula is C15H20F3N3O. The number of nitrogens with one attached hydrogen (secondary N) is 2. The van der Waals surface area contributed by atoms with Gasteiger partial charge in [0, 0.05) is 32.7 Å². The van der Waals surface area contributed by atoms with Crippen molar-refractivity contribution in [2.45, 2.75) is 18.6 Å². The predicted octanol–water partition coefficient (Wildman–Crippen LogP) is 1.18. The minimum atomic E-state index is -4.35. The van der Waals surface area contributed by atoms with Crippen molar-refractivity contribution in [3.8, 4) is 0 Å². The second-order valence-electron chi connectivity index (χ2n) is 5.31. The highest BCUT2D eigenvalue weighted by molar-refractivity contribution is 5.78. The van der Waals surface area contributed by atoms with E-state index in [9.17, 15) is 18.0 Å². The second kappa shape index (κ2) is 7.60. The van der Waals surface area contributed by atoms with E-state index in [-0.39, 0.29) is 6.42 Å². The Hall–Kier alpha value is -1.60. The van der Waals surface area contributed by atoms with E-state index in [0.29, 0.717) is 26.2 Å². The number of hydrogen-bond acceptors (Lipinski definition) is 3. The Morgan fingerprint density at radius 2 is 1.86 bits per heavy atom. The Morgan fingerprint density at radius 3 is 2.45 bits per heavy atom. The van der Waals surface area contributed by atoms with Gasteiger partial charge in [-0.25, -0.2) is 0 Å². The van der Waals surface area contributed by atoms with Crippen molar-refractivity contribution < 1.29 is 18.0 Å². The van der Waals surface area contributed by atoms with Gasteiger partial charge < -0.3 is 10.6 Å². The van der Waals surface area contributed by atoms with E-state index in [1.165, 1.54) is 4.90 Å². The number of amides is 1. The first-order chi connectivity index (χ1) is 10.5. The molecule has 22 heavy (non-hydrogen) atoms. The molecular weight excluding hydrogens is 295 g/mol. The van der Waals surface area contributed by atoms with Gasteiger partial charge in [-0.1, -0.05) is 30.3 Å². The summed E-state index contributed by atoms with van der Waals surface area (Å²) in [6.07, 6.45) is -4.26. The van der Waals surface area contributed by atoms with E-state index < -0.39 is 24.7 Å². The fourth-order valence-corrected chi connectivity index (χ4v) is 2.50. The van der Waals surface area contributed by atoms with Crippen LogP contribution in [-0.2, 0) is 11.2 Å². The van der Waals surface area contributed by atoms with Crippen LogP contribution in [0.4, 0.5) is 13.2 Å². The Morgan fingerprint density at radius 1 is 1.23 bits per heavy atom. The molecule has 0 radical (unpaired) electrons. The summed E-state index contributed by atoms with van der Waals surface area (Å²) in [5.41, 5.74) is 0.783. The average Bonchev–Trinajstić information content (AvgIpc) is 2.48. The molecule has 0 aliphatic carbocycles. The van der Waals surface area contributed by atoms with Crippen LogP contribution < -0.4 is 10.6 Å². The van der Waals surface area contributed by atoms with Crippen molar-refractivity contribution in [1.82, 2.24) is 15.5 Å². The third-order valence-electron chi connectivity index (χ3n) is 3.67. The molecule has 4 nitrogen and oxygen atoms in total. The molecule has 1 heterocycles. The highest BCUT2D eigenvalue weighted by Gasteiger charge is 2.43. The molecule has 0 bridgehead atoms. The summed E-state index contributed by atoms with van der Waals surface area (Å²) in [4.78, 5) is 13.2. The molecule has 0 saturated carbocycles. The van der Waals surface area contributed by atoms with Crippen LogP contribution in [0.15, 0.2) is 30.3 Å². The lowest BCUT2D eigenvalue weighted by molar-refractivity contribution is -0.184. The second-order valence-corrected chi connectivity index (χ2v) is 5.31. The maximum absolute atomic E-state index is 13.2. The molecule has 1 atom stereocenters. The van der Waals surface area contributed by atoms with Gasteiger partial charge in [0.2, 0.25) is 5.91 Å². The molecule has 1 fully saturated rings. The van der Waals surface area contributed by atoms with Crippen LogP contribution in [0, 0.1) is 0 Å². The maximum atomic E-state index is 13.2. The molecule has 2 N–H and O–H groups in total. The van der Waals surface area contributed by atoms with E-state index in [1.54, 1.807) is 24.3 Å². The smallest absolute Gasteiger partial charge is 0.354 e. The lowest BCUT2D eigenvalue weighted by Gasteiger charge is -2.35. The molecule has 1 saturated heterocycles. The number of halogens is 3. The largest absolute Gasteiger partial charge is 0.405 e. The number of hydrogen-bond donors (Lipinski definition) is 2. The summed E-state index contributed by atoms with van der Waals surface area (Å²) in [5.74, 6) is -0.393. The van der Waals surface area contributed by atoms with E-state index in [0.717, 1.165) is 5.56 Å². The quantitative estimate of drug-likeness (QED) is 0.858. The first-order valence-electron chi connectivity index (χ1n) is 7.29. The number of piperazine rings is 1. The summed E-state index contributed by atoms with van der Waals surface area (Å²) in [6, 6.07) is 7.33. The van der Waals surface area contributed by atoms with Gasteiger partial charge >= 0.3 is 6.18 Å². The average molecular weight is 315 g/mol. The van der Waals surface area contributed by atoms with Crippen molar-refractivity contribution >= 4 is 5.91 Å².